The lowest BCUT2D eigenvalue weighted by atomic mass is 10.3. The van der Waals surface area contributed by atoms with Crippen LogP contribution in [0.1, 0.15) is 6.92 Å². The van der Waals surface area contributed by atoms with Gasteiger partial charge in [-0.15, -0.1) is 0 Å². The predicted molar refractivity (Wildman–Crippen MR) is 75.3 cm³/mol. The zero-order valence-corrected chi connectivity index (χ0v) is 12.3. The van der Waals surface area contributed by atoms with Gasteiger partial charge < -0.3 is 4.74 Å². The van der Waals surface area contributed by atoms with E-state index in [-0.39, 0.29) is 0 Å². The first-order chi connectivity index (χ1) is 6.22. The van der Waals surface area contributed by atoms with Crippen LogP contribution in [0.25, 0.3) is 0 Å². The summed E-state index contributed by atoms with van der Waals surface area (Å²) in [6.07, 6.45) is 0. The summed E-state index contributed by atoms with van der Waals surface area (Å²) >= 11 is 4.62. The first-order valence-electron chi connectivity index (χ1n) is 3.88. The summed E-state index contributed by atoms with van der Waals surface area (Å²) in [4.78, 5) is 1.26. The lowest BCUT2D eigenvalue weighted by Crippen LogP contribution is -2.06. The monoisotopic (exact) mass is 420 g/mol. The summed E-state index contributed by atoms with van der Waals surface area (Å²) < 4.78 is 6.10. The Hall–Kier alpha value is 0.830. The van der Waals surface area contributed by atoms with E-state index in [0.717, 1.165) is 12.4 Å². The normalized spacial score (nSPS) is 12.5. The van der Waals surface area contributed by atoms with Gasteiger partial charge in [0.15, 0.2) is 0 Å². The molecule has 4 heteroatoms. The Balaban J connectivity index is 2.49. The zero-order chi connectivity index (χ0) is 9.68. The van der Waals surface area contributed by atoms with Crippen LogP contribution in [-0.4, -0.2) is 10.5 Å². The molecule has 13 heavy (non-hydrogen) atoms. The Labute approximate surface area is 109 Å². The fourth-order valence-corrected chi connectivity index (χ4v) is 2.10. The number of hydrogen-bond donors (Lipinski definition) is 0. The van der Waals surface area contributed by atoms with Gasteiger partial charge in [0.05, 0.1) is 6.61 Å². The van der Waals surface area contributed by atoms with Gasteiger partial charge in [0.1, 0.15) is 5.75 Å². The first-order valence-corrected chi connectivity index (χ1v) is 8.48. The second-order valence-corrected chi connectivity index (χ2v) is 6.71. The van der Waals surface area contributed by atoms with Crippen LogP contribution in [0, 0.1) is 0 Å². The van der Waals surface area contributed by atoms with E-state index in [9.17, 15) is 0 Å². The summed E-state index contributed by atoms with van der Waals surface area (Å²) in [6.45, 7) is 2.91. The zero-order valence-electron chi connectivity index (χ0n) is 7.17. The van der Waals surface area contributed by atoms with E-state index in [2.05, 4.69) is 62.9 Å². The molecule has 0 spiro atoms. The number of hydrogen-bond acceptors (Lipinski definition) is 2. The first kappa shape index (κ1) is 11.9. The van der Waals surface area contributed by atoms with Crippen LogP contribution < -0.4 is 4.74 Å². The Morgan fingerprint density at radius 3 is 2.46 bits per heavy atom. The van der Waals surface area contributed by atoms with Crippen LogP contribution in [-0.2, 0) is 0 Å². The van der Waals surface area contributed by atoms with E-state index >= 15 is 0 Å². The molecule has 1 aromatic carbocycles. The maximum absolute atomic E-state index is 5.55. The van der Waals surface area contributed by atoms with Gasteiger partial charge in [-0.3, -0.25) is 0 Å². The van der Waals surface area contributed by atoms with Crippen molar-refractivity contribution in [1.82, 2.24) is 0 Å². The minimum absolute atomic E-state index is 0.552. The third-order valence-electron chi connectivity index (χ3n) is 1.39. The predicted octanol–water partition coefficient (Wildman–Crippen LogP) is 4.33. The lowest BCUT2D eigenvalue weighted by Gasteiger charge is -2.07. The smallest absolute Gasteiger partial charge is 0.119 e. The molecule has 0 saturated carbocycles. The molecule has 1 rings (SSSR count). The van der Waals surface area contributed by atoms with Gasteiger partial charge in [0.25, 0.3) is 0 Å². The van der Waals surface area contributed by atoms with Crippen molar-refractivity contribution in [3.05, 3.63) is 24.3 Å². The average molecular weight is 420 g/mol. The summed E-state index contributed by atoms with van der Waals surface area (Å²) in [5.41, 5.74) is 0. The second kappa shape index (κ2) is 6.34. The molecule has 0 aliphatic heterocycles. The Kier molecular flexibility index (Phi) is 5.80. The molecule has 1 aromatic rings. The van der Waals surface area contributed by atoms with Crippen LogP contribution in [0.5, 0.6) is 5.75 Å². The quantitative estimate of drug-likeness (QED) is 0.530. The highest BCUT2D eigenvalue weighted by Crippen LogP contribution is 2.26. The molecule has 0 aromatic heterocycles. The van der Waals surface area contributed by atoms with Crippen molar-refractivity contribution < 1.29 is 4.74 Å². The van der Waals surface area contributed by atoms with Gasteiger partial charge in [0.2, 0.25) is 0 Å². The third-order valence-corrected chi connectivity index (χ3v) is 3.73. The molecule has 0 amide bonds. The summed E-state index contributed by atoms with van der Waals surface area (Å²) in [6, 6.07) is 8.18. The van der Waals surface area contributed by atoms with Crippen LogP contribution >= 0.6 is 52.7 Å². The van der Waals surface area contributed by atoms with E-state index in [1.54, 1.807) is 8.93 Å². The highest BCUT2D eigenvalue weighted by atomic mass is 127. The van der Waals surface area contributed by atoms with E-state index in [1.165, 1.54) is 4.90 Å². The number of halogens is 2. The molecule has 0 aliphatic rings. The van der Waals surface area contributed by atoms with E-state index in [1.807, 2.05) is 12.1 Å². The summed E-state index contributed by atoms with van der Waals surface area (Å²) in [5.74, 6) is 0.956. The fourth-order valence-electron chi connectivity index (χ4n) is 0.798. The van der Waals surface area contributed by atoms with Gasteiger partial charge in [-0.1, -0.05) is 38.4 Å². The minimum atomic E-state index is 0.552. The Bertz CT molecular complexity index is 248. The topological polar surface area (TPSA) is 9.23 Å². The lowest BCUT2D eigenvalue weighted by molar-refractivity contribution is 0.326. The second-order valence-electron chi connectivity index (χ2n) is 2.64. The highest BCUT2D eigenvalue weighted by Gasteiger charge is 1.98. The highest BCUT2D eigenvalue weighted by molar-refractivity contribution is 14.2. The molecule has 1 nitrogen and oxygen atoms in total. The van der Waals surface area contributed by atoms with Gasteiger partial charge in [-0.25, -0.2) is 0 Å². The van der Waals surface area contributed by atoms with Gasteiger partial charge in [-0.2, -0.15) is 0 Å². The van der Waals surface area contributed by atoms with E-state index in [0.29, 0.717) is 3.92 Å². The molecule has 1 atom stereocenters. The molecular weight excluding hydrogens is 410 g/mol. The molecule has 0 saturated heterocycles. The Morgan fingerprint density at radius 2 is 2.00 bits per heavy atom. The minimum Gasteiger partial charge on any atom is -0.493 e. The largest absolute Gasteiger partial charge is 0.493 e. The number of ether oxygens (including phenoxy) is 1. The van der Waals surface area contributed by atoms with Crippen molar-refractivity contribution in [3.8, 4) is 5.75 Å². The van der Waals surface area contributed by atoms with Crippen molar-refractivity contribution in [2.75, 3.05) is 6.61 Å². The molecule has 0 radical (unpaired) electrons. The van der Waals surface area contributed by atoms with Crippen LogP contribution in [0.4, 0.5) is 0 Å². The molecule has 0 N–H and O–H groups in total. The van der Waals surface area contributed by atoms with Gasteiger partial charge >= 0.3 is 0 Å². The van der Waals surface area contributed by atoms with Crippen molar-refractivity contribution in [2.24, 2.45) is 0 Å². The van der Waals surface area contributed by atoms with Crippen LogP contribution in [0.15, 0.2) is 29.2 Å². The third kappa shape index (κ3) is 4.73. The maximum atomic E-state index is 5.55. The van der Waals surface area contributed by atoms with Crippen molar-refractivity contribution in [2.45, 2.75) is 15.7 Å². The molecule has 0 bridgehead atoms. The van der Waals surface area contributed by atoms with Gasteiger partial charge in [-0.05, 0) is 24.3 Å². The van der Waals surface area contributed by atoms with Crippen molar-refractivity contribution in [1.29, 1.82) is 0 Å². The van der Waals surface area contributed by atoms with E-state index < -0.39 is 0 Å². The van der Waals surface area contributed by atoms with E-state index in [4.69, 9.17) is 4.74 Å². The Morgan fingerprint density at radius 1 is 1.38 bits per heavy atom. The average Bonchev–Trinajstić information content (AvgIpc) is 2.15. The SMILES string of the molecule is CC(I)COc1ccc(SI)cc1. The van der Waals surface area contributed by atoms with Crippen molar-refractivity contribution in [3.63, 3.8) is 0 Å². The number of alkyl halides is 1. The number of rotatable bonds is 4. The number of benzene rings is 1. The summed E-state index contributed by atoms with van der Waals surface area (Å²) in [5, 5.41) is 0. The maximum Gasteiger partial charge on any atom is 0.119 e. The molecule has 1 unspecified atom stereocenters. The standard InChI is InChI=1S/C9H10I2OS/c1-7(10)6-12-8-2-4-9(13-11)5-3-8/h2-5,7H,6H2,1H3. The molecule has 0 aliphatic carbocycles. The van der Waals surface area contributed by atoms with Crippen LogP contribution in [0.2, 0.25) is 0 Å². The van der Waals surface area contributed by atoms with Crippen LogP contribution in [0.3, 0.4) is 0 Å². The molecule has 0 heterocycles. The molecule has 0 fully saturated rings. The fraction of sp³-hybridized carbons (Fsp3) is 0.333. The molecule has 72 valence electrons. The summed E-state index contributed by atoms with van der Waals surface area (Å²) in [7, 11) is 1.71. The van der Waals surface area contributed by atoms with Gasteiger partial charge in [0, 0.05) is 30.0 Å². The molecular formula is C9H10I2OS. The van der Waals surface area contributed by atoms with Crippen molar-refractivity contribution >= 4 is 52.7 Å².